The first kappa shape index (κ1) is 15.0. The van der Waals surface area contributed by atoms with E-state index in [1.807, 2.05) is 0 Å². The lowest BCUT2D eigenvalue weighted by Crippen LogP contribution is -2.25. The maximum absolute atomic E-state index is 5.59. The maximum Gasteiger partial charge on any atom is 0.0363 e. The number of rotatable bonds is 5. The van der Waals surface area contributed by atoms with Gasteiger partial charge in [-0.25, -0.2) is 0 Å². The van der Waals surface area contributed by atoms with Gasteiger partial charge >= 0.3 is 0 Å². The molecule has 1 aromatic rings. The number of benzene rings is 1. The number of hydrogen-bond donors (Lipinski definition) is 1. The molecule has 2 nitrogen and oxygen atoms in total. The first-order chi connectivity index (χ1) is 8.34. The Balaban J connectivity index is 2.67. The van der Waals surface area contributed by atoms with Crippen molar-refractivity contribution in [3.05, 3.63) is 29.8 Å². The zero-order valence-corrected chi connectivity index (χ0v) is 12.5. The predicted molar refractivity (Wildman–Crippen MR) is 81.2 cm³/mol. The van der Waals surface area contributed by atoms with Gasteiger partial charge in [-0.1, -0.05) is 39.8 Å². The van der Waals surface area contributed by atoms with Gasteiger partial charge in [-0.15, -0.1) is 0 Å². The van der Waals surface area contributed by atoms with Crippen LogP contribution in [0.5, 0.6) is 0 Å². The number of nitrogens with zero attached hydrogens (tertiary/aromatic N) is 1. The zero-order valence-electron chi connectivity index (χ0n) is 12.5. The Labute approximate surface area is 112 Å². The number of nitrogens with two attached hydrogens (primary N) is 1. The molecule has 0 aliphatic heterocycles. The molecule has 1 rings (SSSR count). The molecule has 0 aliphatic carbocycles. The monoisotopic (exact) mass is 248 g/mol. The summed E-state index contributed by atoms with van der Waals surface area (Å²) in [4.78, 5) is 2.31. The molecule has 1 aromatic carbocycles. The second kappa shape index (κ2) is 6.24. The predicted octanol–water partition coefficient (Wildman–Crippen LogP) is 3.41. The van der Waals surface area contributed by atoms with E-state index in [4.69, 9.17) is 5.73 Å². The average molecular weight is 248 g/mol. The SMILES string of the molecule is CC(CCN)CN(C)c1ccc(C(C)(C)C)cc1. The molecule has 0 heterocycles. The molecule has 0 aromatic heterocycles. The largest absolute Gasteiger partial charge is 0.374 e. The van der Waals surface area contributed by atoms with Crippen molar-refractivity contribution >= 4 is 5.69 Å². The van der Waals surface area contributed by atoms with E-state index in [0.717, 1.165) is 19.5 Å². The standard InChI is InChI=1S/C16H28N2/c1-13(10-11-17)12-18(5)15-8-6-14(7-9-15)16(2,3)4/h6-9,13H,10-12,17H2,1-5H3. The Bertz CT molecular complexity index is 348. The lowest BCUT2D eigenvalue weighted by atomic mass is 9.87. The van der Waals surface area contributed by atoms with Gasteiger partial charge in [0.1, 0.15) is 0 Å². The highest BCUT2D eigenvalue weighted by Crippen LogP contribution is 2.24. The second-order valence-corrected chi connectivity index (χ2v) is 6.36. The molecule has 0 radical (unpaired) electrons. The Hall–Kier alpha value is -1.02. The maximum atomic E-state index is 5.59. The topological polar surface area (TPSA) is 29.3 Å². The Morgan fingerprint density at radius 3 is 2.17 bits per heavy atom. The van der Waals surface area contributed by atoms with Crippen molar-refractivity contribution in [2.45, 2.75) is 39.5 Å². The molecule has 1 atom stereocenters. The van der Waals surface area contributed by atoms with Crippen molar-refractivity contribution < 1.29 is 0 Å². The normalized spacial score (nSPS) is 13.4. The summed E-state index contributed by atoms with van der Waals surface area (Å²) >= 11 is 0. The molecule has 2 N–H and O–H groups in total. The smallest absolute Gasteiger partial charge is 0.0363 e. The molecule has 0 amide bonds. The van der Waals surface area contributed by atoms with Crippen molar-refractivity contribution in [3.63, 3.8) is 0 Å². The van der Waals surface area contributed by atoms with E-state index in [-0.39, 0.29) is 5.41 Å². The van der Waals surface area contributed by atoms with E-state index in [0.29, 0.717) is 5.92 Å². The van der Waals surface area contributed by atoms with Crippen LogP contribution in [0, 0.1) is 5.92 Å². The van der Waals surface area contributed by atoms with Crippen molar-refractivity contribution in [1.29, 1.82) is 0 Å². The van der Waals surface area contributed by atoms with Gasteiger partial charge in [0.05, 0.1) is 0 Å². The fourth-order valence-corrected chi connectivity index (χ4v) is 2.16. The van der Waals surface area contributed by atoms with Gasteiger partial charge < -0.3 is 10.6 Å². The first-order valence-corrected chi connectivity index (χ1v) is 6.86. The average Bonchev–Trinajstić information content (AvgIpc) is 2.28. The third-order valence-electron chi connectivity index (χ3n) is 3.42. The summed E-state index contributed by atoms with van der Waals surface area (Å²) in [5.74, 6) is 0.641. The quantitative estimate of drug-likeness (QED) is 0.865. The summed E-state index contributed by atoms with van der Waals surface area (Å²) in [7, 11) is 2.15. The van der Waals surface area contributed by atoms with Crippen LogP contribution in [-0.2, 0) is 5.41 Å². The van der Waals surface area contributed by atoms with Gasteiger partial charge in [0.25, 0.3) is 0 Å². The summed E-state index contributed by atoms with van der Waals surface area (Å²) in [6, 6.07) is 8.91. The van der Waals surface area contributed by atoms with E-state index in [1.165, 1.54) is 11.3 Å². The molecule has 0 saturated carbocycles. The van der Waals surface area contributed by atoms with Crippen LogP contribution in [0.3, 0.4) is 0 Å². The summed E-state index contributed by atoms with van der Waals surface area (Å²) < 4.78 is 0. The van der Waals surface area contributed by atoms with Gasteiger partial charge in [0, 0.05) is 19.3 Å². The molecule has 102 valence electrons. The van der Waals surface area contributed by atoms with E-state index in [9.17, 15) is 0 Å². The summed E-state index contributed by atoms with van der Waals surface area (Å²) in [6.45, 7) is 10.8. The number of hydrogen-bond acceptors (Lipinski definition) is 2. The van der Waals surface area contributed by atoms with E-state index >= 15 is 0 Å². The third-order valence-corrected chi connectivity index (χ3v) is 3.42. The van der Waals surface area contributed by atoms with Gasteiger partial charge in [-0.2, -0.15) is 0 Å². The molecular weight excluding hydrogens is 220 g/mol. The third kappa shape index (κ3) is 4.34. The van der Waals surface area contributed by atoms with Gasteiger partial charge in [0.15, 0.2) is 0 Å². The molecule has 18 heavy (non-hydrogen) atoms. The van der Waals surface area contributed by atoms with Crippen LogP contribution in [0.1, 0.15) is 39.7 Å². The van der Waals surface area contributed by atoms with Gasteiger partial charge in [0.2, 0.25) is 0 Å². The molecule has 0 aliphatic rings. The summed E-state index contributed by atoms with van der Waals surface area (Å²) in [5, 5.41) is 0. The minimum Gasteiger partial charge on any atom is -0.374 e. The Morgan fingerprint density at radius 1 is 1.17 bits per heavy atom. The minimum absolute atomic E-state index is 0.226. The van der Waals surface area contributed by atoms with Crippen LogP contribution in [0.25, 0.3) is 0 Å². The van der Waals surface area contributed by atoms with Crippen LogP contribution >= 0.6 is 0 Å². The van der Waals surface area contributed by atoms with E-state index < -0.39 is 0 Å². The molecule has 0 saturated heterocycles. The molecular formula is C16H28N2. The molecule has 0 fully saturated rings. The van der Waals surface area contributed by atoms with Gasteiger partial charge in [-0.05, 0) is 42.0 Å². The zero-order chi connectivity index (χ0) is 13.8. The minimum atomic E-state index is 0.226. The van der Waals surface area contributed by atoms with E-state index in [2.05, 4.69) is 63.9 Å². The lowest BCUT2D eigenvalue weighted by molar-refractivity contribution is 0.539. The first-order valence-electron chi connectivity index (χ1n) is 6.86. The van der Waals surface area contributed by atoms with Crippen molar-refractivity contribution in [2.75, 3.05) is 25.0 Å². The van der Waals surface area contributed by atoms with Crippen LogP contribution < -0.4 is 10.6 Å². The lowest BCUT2D eigenvalue weighted by Gasteiger charge is -2.25. The Kier molecular flexibility index (Phi) is 5.21. The fourth-order valence-electron chi connectivity index (χ4n) is 2.16. The highest BCUT2D eigenvalue weighted by atomic mass is 15.1. The van der Waals surface area contributed by atoms with Crippen molar-refractivity contribution in [3.8, 4) is 0 Å². The van der Waals surface area contributed by atoms with Crippen LogP contribution in [0.2, 0.25) is 0 Å². The summed E-state index contributed by atoms with van der Waals surface area (Å²) in [5.41, 5.74) is 8.49. The van der Waals surface area contributed by atoms with Crippen LogP contribution in [-0.4, -0.2) is 20.1 Å². The van der Waals surface area contributed by atoms with Crippen LogP contribution in [0.4, 0.5) is 5.69 Å². The summed E-state index contributed by atoms with van der Waals surface area (Å²) in [6.07, 6.45) is 1.09. The fraction of sp³-hybridized carbons (Fsp3) is 0.625. The second-order valence-electron chi connectivity index (χ2n) is 6.36. The van der Waals surface area contributed by atoms with Crippen molar-refractivity contribution in [1.82, 2.24) is 0 Å². The molecule has 2 heteroatoms. The van der Waals surface area contributed by atoms with Crippen molar-refractivity contribution in [2.24, 2.45) is 11.7 Å². The molecule has 1 unspecified atom stereocenters. The Morgan fingerprint density at radius 2 is 1.72 bits per heavy atom. The van der Waals surface area contributed by atoms with E-state index in [1.54, 1.807) is 0 Å². The number of anilines is 1. The molecule has 0 spiro atoms. The van der Waals surface area contributed by atoms with Crippen LogP contribution in [0.15, 0.2) is 24.3 Å². The molecule has 0 bridgehead atoms. The van der Waals surface area contributed by atoms with Gasteiger partial charge in [-0.3, -0.25) is 0 Å². The highest BCUT2D eigenvalue weighted by Gasteiger charge is 2.13. The highest BCUT2D eigenvalue weighted by molar-refractivity contribution is 5.47.